The van der Waals surface area contributed by atoms with Gasteiger partial charge in [0.05, 0.1) is 12.2 Å². The van der Waals surface area contributed by atoms with E-state index in [1.807, 2.05) is 26.8 Å². The molecule has 3 aliphatic heterocycles. The van der Waals surface area contributed by atoms with E-state index >= 15 is 0 Å². The van der Waals surface area contributed by atoms with Crippen molar-refractivity contribution in [3.63, 3.8) is 0 Å². The van der Waals surface area contributed by atoms with E-state index in [1.165, 1.54) is 209 Å². The third-order valence-corrected chi connectivity index (χ3v) is 24.8. The van der Waals surface area contributed by atoms with E-state index in [4.69, 9.17) is 4.74 Å². The maximum atomic E-state index is 13.0. The Balaban J connectivity index is 0.000000307. The summed E-state index contributed by atoms with van der Waals surface area (Å²) in [5.74, 6) is 0.934. The number of halogens is 1. The summed E-state index contributed by atoms with van der Waals surface area (Å²) in [6, 6.07) is 61.7. The molecule has 0 fully saturated rings. The van der Waals surface area contributed by atoms with Crippen LogP contribution in [0, 0.1) is 151 Å². The summed E-state index contributed by atoms with van der Waals surface area (Å²) >= 11 is 0. The highest BCUT2D eigenvalue weighted by atomic mass is 19.1. The van der Waals surface area contributed by atoms with Crippen LogP contribution in [0.1, 0.15) is 344 Å². The van der Waals surface area contributed by atoms with Crippen molar-refractivity contribution in [2.75, 3.05) is 40.9 Å². The van der Waals surface area contributed by atoms with E-state index in [2.05, 4.69) is 456 Å². The predicted octanol–water partition coefficient (Wildman–Crippen LogP) is 35.6. The Morgan fingerprint density at radius 2 is 0.667 bits per heavy atom. The van der Waals surface area contributed by atoms with E-state index in [9.17, 15) is 4.39 Å². The van der Waals surface area contributed by atoms with Crippen molar-refractivity contribution in [1.82, 2.24) is 0 Å². The fraction of sp³-hybridized carbons (Fsp3) is 0.528. The molecule has 3 heterocycles. The Morgan fingerprint density at radius 1 is 0.265 bits per heavy atom. The molecule has 0 saturated carbocycles. The monoisotopic (exact) mass is 1790 g/mol. The molecule has 0 N–H and O–H groups in total. The molecule has 0 saturated heterocycles. The van der Waals surface area contributed by atoms with Gasteiger partial charge in [-0.1, -0.05) is 286 Å². The van der Waals surface area contributed by atoms with E-state index in [0.717, 1.165) is 61.3 Å². The lowest BCUT2D eigenvalue weighted by Crippen LogP contribution is -2.46. The SMILES string of the molecule is CCc1cc(C)c(C)cc1C.CCc1cc(C)cc(F)c1C.CCc1ccc(C)cc1CC(C)(C)C.Cc1cc(C)c(C)c(CC(C)(C)C)c1.Cc1ccc(C)c(CC(C)(C)C)c1.Cc1ccc2c(c1)N(C(C)(C)C)CC2.Cc1ccc2c(c1)N(C(C)(C)C)CCC2.Cc1ccc2c(c1)N(C(C)(C)C)CCO2.Cc1cccc(CC(C)(C)C)c1.Cc1cccc(CC(C)(C)C)c1C. The molecule has 0 bridgehead atoms. The third kappa shape index (κ3) is 41.3. The molecule has 5 heteroatoms. The first-order chi connectivity index (χ1) is 60.7. The fourth-order valence-electron chi connectivity index (χ4n) is 17.5. The van der Waals surface area contributed by atoms with Crippen LogP contribution in [0.5, 0.6) is 5.75 Å². The molecule has 0 aromatic heterocycles. The minimum absolute atomic E-state index is 0.0816. The zero-order valence-electron chi connectivity index (χ0n) is 92.9. The van der Waals surface area contributed by atoms with Gasteiger partial charge >= 0.3 is 0 Å². The number of fused-ring (bicyclic) bond motifs is 3. The number of ether oxygens (including phenoxy) is 1. The van der Waals surface area contributed by atoms with Crippen molar-refractivity contribution in [2.45, 2.75) is 392 Å². The quantitative estimate of drug-likeness (QED) is 0.151. The summed E-state index contributed by atoms with van der Waals surface area (Å²) in [6.45, 7) is 102. The number of anilines is 3. The number of benzene rings is 10. The number of aryl methyl sites for hydroxylation is 18. The molecule has 0 amide bonds. The van der Waals surface area contributed by atoms with Crippen LogP contribution >= 0.6 is 0 Å². The number of hydrogen-bond acceptors (Lipinski definition) is 4. The maximum Gasteiger partial charge on any atom is 0.142 e. The molecular weight excluding hydrogens is 1600 g/mol. The van der Waals surface area contributed by atoms with Crippen molar-refractivity contribution >= 4 is 17.1 Å². The summed E-state index contributed by atoms with van der Waals surface area (Å²) in [5, 5.41) is 0. The summed E-state index contributed by atoms with van der Waals surface area (Å²) < 4.78 is 18.7. The van der Waals surface area contributed by atoms with E-state index in [0.29, 0.717) is 27.1 Å². The van der Waals surface area contributed by atoms with Crippen LogP contribution in [0.3, 0.4) is 0 Å². The highest BCUT2D eigenvalue weighted by Gasteiger charge is 2.31. The average Bonchev–Trinajstić information content (AvgIpc) is 1.18. The lowest BCUT2D eigenvalue weighted by molar-refractivity contribution is 0.289. The van der Waals surface area contributed by atoms with Crippen LogP contribution < -0.4 is 19.4 Å². The summed E-state index contributed by atoms with van der Waals surface area (Å²) in [5.41, 5.74) is 44.0. The molecule has 0 unspecified atom stereocenters. The molecule has 4 nitrogen and oxygen atoms in total. The molecule has 132 heavy (non-hydrogen) atoms. The van der Waals surface area contributed by atoms with Gasteiger partial charge in [-0.05, 0) is 436 Å². The Morgan fingerprint density at radius 3 is 1.18 bits per heavy atom. The number of nitrogens with zero attached hydrogens (tertiary/aromatic N) is 3. The van der Waals surface area contributed by atoms with Crippen LogP contribution in [-0.4, -0.2) is 42.9 Å². The first kappa shape index (κ1) is 116. The lowest BCUT2D eigenvalue weighted by Gasteiger charge is -2.41. The highest BCUT2D eigenvalue weighted by Crippen LogP contribution is 2.39. The Kier molecular flexibility index (Phi) is 44.5. The van der Waals surface area contributed by atoms with Crippen LogP contribution in [0.2, 0.25) is 0 Å². The van der Waals surface area contributed by atoms with Crippen LogP contribution in [0.25, 0.3) is 0 Å². The van der Waals surface area contributed by atoms with Crippen molar-refractivity contribution < 1.29 is 9.13 Å². The van der Waals surface area contributed by atoms with Gasteiger partial charge in [0.1, 0.15) is 18.2 Å². The fourth-order valence-corrected chi connectivity index (χ4v) is 17.5. The van der Waals surface area contributed by atoms with Gasteiger partial charge in [-0.15, -0.1) is 0 Å². The van der Waals surface area contributed by atoms with Gasteiger partial charge in [0.2, 0.25) is 0 Å². The zero-order valence-corrected chi connectivity index (χ0v) is 92.9. The molecule has 0 atom stereocenters. The molecule has 0 spiro atoms. The zero-order chi connectivity index (χ0) is 100. The van der Waals surface area contributed by atoms with Gasteiger partial charge in [0, 0.05) is 41.1 Å². The van der Waals surface area contributed by atoms with Crippen LogP contribution in [0.15, 0.2) is 170 Å². The molecule has 13 rings (SSSR count). The summed E-state index contributed by atoms with van der Waals surface area (Å²) in [7, 11) is 0. The van der Waals surface area contributed by atoms with Gasteiger partial charge in [-0.2, -0.15) is 0 Å². The minimum Gasteiger partial charge on any atom is -0.490 e. The topological polar surface area (TPSA) is 19.0 Å². The highest BCUT2D eigenvalue weighted by molar-refractivity contribution is 5.64. The summed E-state index contributed by atoms with van der Waals surface area (Å²) in [6.07, 6.45) is 12.8. The molecule has 10 aromatic rings. The second-order valence-corrected chi connectivity index (χ2v) is 48.0. The molecular formula is C127H190FN3O. The van der Waals surface area contributed by atoms with E-state index < -0.39 is 0 Å². The van der Waals surface area contributed by atoms with Crippen molar-refractivity contribution in [2.24, 2.45) is 27.1 Å². The van der Waals surface area contributed by atoms with Crippen molar-refractivity contribution in [3.05, 3.63) is 326 Å². The number of hydrogen-bond donors (Lipinski definition) is 0. The lowest BCUT2D eigenvalue weighted by atomic mass is 9.85. The Hall–Kier alpha value is -8.67. The first-order valence-electron chi connectivity index (χ1n) is 50.1. The first-order valence-corrected chi connectivity index (χ1v) is 50.1. The predicted molar refractivity (Wildman–Crippen MR) is 588 cm³/mol. The van der Waals surface area contributed by atoms with Gasteiger partial charge in [0.15, 0.2) is 0 Å². The maximum absolute atomic E-state index is 13.0. The van der Waals surface area contributed by atoms with Gasteiger partial charge in [-0.25, -0.2) is 4.39 Å². The molecule has 726 valence electrons. The average molecular weight is 1790 g/mol. The van der Waals surface area contributed by atoms with Crippen molar-refractivity contribution in [1.29, 1.82) is 0 Å². The molecule has 0 aliphatic carbocycles. The molecule has 3 aliphatic rings. The molecule has 0 radical (unpaired) electrons. The third-order valence-electron chi connectivity index (χ3n) is 24.8. The second kappa shape index (κ2) is 50.8. The largest absolute Gasteiger partial charge is 0.490 e. The van der Waals surface area contributed by atoms with Gasteiger partial charge in [-0.3, -0.25) is 0 Å². The minimum atomic E-state index is -0.0816. The van der Waals surface area contributed by atoms with Gasteiger partial charge in [0.25, 0.3) is 0 Å². The second-order valence-electron chi connectivity index (χ2n) is 48.0. The van der Waals surface area contributed by atoms with Crippen molar-refractivity contribution in [3.8, 4) is 5.75 Å². The van der Waals surface area contributed by atoms with E-state index in [-0.39, 0.29) is 22.4 Å². The normalized spacial score (nSPS) is 12.9. The summed E-state index contributed by atoms with van der Waals surface area (Å²) in [4.78, 5) is 7.47. The number of rotatable bonds is 8. The standard InChI is InChI=1S/C14H21N.2C14H22.C13H19NO.C13H19N.2C13H20.C12H18.C11H16.C10H13F/c1-11-7-8-12-6-5-9-15(13(12)10-11)14(2,3)4;1-10-7-11(2)12(3)13(8-10)9-14(4,5)6;1-6-12-8-7-11(2)9-13(12)10-14(3,4)5;1-10-5-6-12-11(9-10)14(7-8-15-12)13(2,3)4;1-10-5-6-11-7-8-14(12(11)9-10)13(2,3)4;1-10-6-7-11(2)12(8-10)9-13(3,4)5;1-10-7-6-8-12(11(10)2)9-13(3,4)5;1-10-6-5-7-11(8-10)9-12(2,3)4;1-5-11-7-9(3)8(2)6-10(11)4;1-4-9-5-7(2)6-10(11)8(9)3/h7-8,10H,5-6,9H2,1-4H3;7-8H,9H2,1-6H3;7-9H,6,10H2,1-5H3;5-6,9H,7-8H2,1-4H3;5-6,9H,7-8H2,1-4H3;2*6-8H,9H2,1-5H3;5-8H,9H2,1-4H3;6-7H,5H2,1-4H3;5-6H,4H2,1-3H3. The van der Waals surface area contributed by atoms with E-state index in [1.54, 1.807) is 6.07 Å². The van der Waals surface area contributed by atoms with Gasteiger partial charge < -0.3 is 19.4 Å². The Labute approximate surface area is 812 Å². The Bertz CT molecular complexity index is 5140. The van der Waals surface area contributed by atoms with Crippen LogP contribution in [-0.2, 0) is 64.2 Å². The smallest absolute Gasteiger partial charge is 0.142 e. The van der Waals surface area contributed by atoms with Crippen LogP contribution in [0.4, 0.5) is 21.5 Å². The molecule has 10 aromatic carbocycles.